The molecule has 0 saturated heterocycles. The van der Waals surface area contributed by atoms with Crippen molar-refractivity contribution in [3.05, 3.63) is 81.1 Å². The van der Waals surface area contributed by atoms with E-state index < -0.39 is 27.7 Å². The topological polar surface area (TPSA) is 125 Å². The summed E-state index contributed by atoms with van der Waals surface area (Å²) >= 11 is 12.1. The van der Waals surface area contributed by atoms with Crippen molar-refractivity contribution in [3.63, 3.8) is 0 Å². The van der Waals surface area contributed by atoms with Gasteiger partial charge in [0.05, 0.1) is 33.7 Å². The molecule has 0 radical (unpaired) electrons. The molecular weight excluding hydrogens is 567 g/mol. The van der Waals surface area contributed by atoms with Crippen LogP contribution in [0.2, 0.25) is 10.0 Å². The van der Waals surface area contributed by atoms with Gasteiger partial charge in [0, 0.05) is 17.0 Å². The summed E-state index contributed by atoms with van der Waals surface area (Å²) in [6.07, 6.45) is -0.409. The number of nitrogens with one attached hydrogen (secondary N) is 2. The maximum absolute atomic E-state index is 15.3. The third-order valence-electron chi connectivity index (χ3n) is 5.04. The summed E-state index contributed by atoms with van der Waals surface area (Å²) in [5.41, 5.74) is 0.812. The number of benzene rings is 3. The van der Waals surface area contributed by atoms with Crippen LogP contribution >= 0.6 is 23.2 Å². The minimum atomic E-state index is -4.12. The molecule has 3 aromatic carbocycles. The van der Waals surface area contributed by atoms with Crippen LogP contribution in [0.15, 0.2) is 53.4 Å². The molecule has 0 atom stereocenters. The molecule has 0 heterocycles. The first-order valence-electron chi connectivity index (χ1n) is 10.7. The molecule has 0 unspecified atom stereocenters. The van der Waals surface area contributed by atoms with E-state index in [1.165, 1.54) is 43.3 Å². The summed E-state index contributed by atoms with van der Waals surface area (Å²) in [7, 11) is -4.12. The average molecular weight is 587 g/mol. The van der Waals surface area contributed by atoms with Crippen LogP contribution < -0.4 is 44.3 Å². The Bertz CT molecular complexity index is 1540. The molecule has 38 heavy (non-hydrogen) atoms. The summed E-state index contributed by atoms with van der Waals surface area (Å²) < 4.78 is 47.3. The van der Waals surface area contributed by atoms with Crippen LogP contribution in [0.25, 0.3) is 0 Å². The fourth-order valence-corrected chi connectivity index (χ4v) is 4.77. The monoisotopic (exact) mass is 586 g/mol. The Labute approximate surface area is 251 Å². The minimum absolute atomic E-state index is 0. The summed E-state index contributed by atoms with van der Waals surface area (Å²) in [5, 5.41) is 11.8. The fraction of sp³-hybridized carbons (Fsp3) is 0.160. The van der Waals surface area contributed by atoms with Crippen LogP contribution in [-0.4, -0.2) is 20.2 Å². The van der Waals surface area contributed by atoms with Crippen molar-refractivity contribution in [2.75, 3.05) is 5.32 Å². The minimum Gasteiger partial charge on any atom is -0.454 e. The summed E-state index contributed by atoms with van der Waals surface area (Å²) in [6, 6.07) is 12.7. The largest absolute Gasteiger partial charge is 1.00 e. The predicted molar refractivity (Wildman–Crippen MR) is 137 cm³/mol. The summed E-state index contributed by atoms with van der Waals surface area (Å²) in [4.78, 5) is 23.8. The molecule has 0 spiro atoms. The van der Waals surface area contributed by atoms with E-state index in [4.69, 9.17) is 33.2 Å². The van der Waals surface area contributed by atoms with E-state index in [1.54, 1.807) is 13.0 Å². The van der Waals surface area contributed by atoms with E-state index in [2.05, 4.69) is 5.32 Å². The van der Waals surface area contributed by atoms with Gasteiger partial charge >= 0.3 is 29.6 Å². The van der Waals surface area contributed by atoms with E-state index in [0.717, 1.165) is 6.07 Å². The van der Waals surface area contributed by atoms with Gasteiger partial charge in [0.2, 0.25) is 11.8 Å². The number of amides is 2. The molecule has 3 aromatic rings. The van der Waals surface area contributed by atoms with Crippen LogP contribution in [0.3, 0.4) is 0 Å². The molecule has 2 amide bonds. The number of carbonyl (C=O) groups is 2. The maximum atomic E-state index is 15.3. The number of nitriles is 1. The molecule has 3 rings (SSSR count). The first-order valence-corrected chi connectivity index (χ1v) is 13.0. The van der Waals surface area contributed by atoms with Crippen molar-refractivity contribution in [1.29, 1.82) is 5.26 Å². The molecule has 0 saturated carbocycles. The van der Waals surface area contributed by atoms with Crippen molar-refractivity contribution in [2.45, 2.75) is 31.6 Å². The predicted octanol–water partition coefficient (Wildman–Crippen LogP) is 2.50. The molecule has 0 aromatic heterocycles. The quantitative estimate of drug-likeness (QED) is 0.391. The van der Waals surface area contributed by atoms with Crippen LogP contribution in [0.1, 0.15) is 30.0 Å². The normalized spacial score (nSPS) is 10.6. The summed E-state index contributed by atoms with van der Waals surface area (Å²) in [5.74, 6) is -2.05. The van der Waals surface area contributed by atoms with E-state index in [1.807, 2.05) is 10.8 Å². The van der Waals surface area contributed by atoms with Crippen LogP contribution in [0.5, 0.6) is 11.5 Å². The third-order valence-corrected chi connectivity index (χ3v) is 6.94. The van der Waals surface area contributed by atoms with E-state index >= 15 is 4.39 Å². The van der Waals surface area contributed by atoms with E-state index in [-0.39, 0.29) is 85.7 Å². The average Bonchev–Trinajstić information content (AvgIpc) is 2.84. The Morgan fingerprint density at radius 3 is 2.42 bits per heavy atom. The van der Waals surface area contributed by atoms with Crippen molar-refractivity contribution < 1.29 is 56.7 Å². The molecular formula is C25H20Cl2FN3NaO5S+. The fourth-order valence-electron chi connectivity index (χ4n) is 3.17. The molecule has 0 fully saturated rings. The van der Waals surface area contributed by atoms with Crippen molar-refractivity contribution >= 4 is 50.7 Å². The van der Waals surface area contributed by atoms with Gasteiger partial charge in [0.1, 0.15) is 5.75 Å². The molecule has 192 valence electrons. The Hall–Kier alpha value is -2.65. The number of anilines is 1. The first kappa shape index (κ1) is 31.6. The Kier molecular flexibility index (Phi) is 11.2. The number of hydrogen-bond donors (Lipinski definition) is 2. The number of ether oxygens (including phenoxy) is 1. The number of halogens is 3. The number of carbonyl (C=O) groups excluding carboxylic acids is 2. The number of aryl methyl sites for hydroxylation is 1. The smallest absolute Gasteiger partial charge is 0.454 e. The molecule has 0 aliphatic carbocycles. The van der Waals surface area contributed by atoms with Gasteiger partial charge in [-0.1, -0.05) is 42.3 Å². The number of nitrogens with zero attached hydrogens (tertiary/aromatic N) is 1. The zero-order valence-electron chi connectivity index (χ0n) is 20.6. The standard InChI is InChI=1S/C25H20Cl2FN3O5S.Na/c1-3-22(32)31-37(34,35)19-6-7-21(20(27)12-19)30-23(33)10-16-5-4-14(2)25(24(16)28)36-18-9-15(13-29)8-17(26)11-18;/h4-9,11-12H,3,10H2,1-2H3,(H,30,33)(H,31,32);/q;+1. The Morgan fingerprint density at radius 2 is 1.79 bits per heavy atom. The maximum Gasteiger partial charge on any atom is 1.00 e. The van der Waals surface area contributed by atoms with Gasteiger partial charge in [-0.05, 0) is 48.9 Å². The zero-order chi connectivity index (χ0) is 27.3. The molecule has 13 heteroatoms. The van der Waals surface area contributed by atoms with Gasteiger partial charge in [0.25, 0.3) is 10.0 Å². The van der Waals surface area contributed by atoms with Crippen molar-refractivity contribution in [3.8, 4) is 17.6 Å². The second-order valence-corrected chi connectivity index (χ2v) is 10.3. The molecule has 0 aliphatic rings. The van der Waals surface area contributed by atoms with E-state index in [9.17, 15) is 18.0 Å². The zero-order valence-corrected chi connectivity index (χ0v) is 24.9. The molecule has 2 N–H and O–H groups in total. The number of hydrogen-bond acceptors (Lipinski definition) is 6. The van der Waals surface area contributed by atoms with Crippen molar-refractivity contribution in [1.82, 2.24) is 4.72 Å². The van der Waals surface area contributed by atoms with Gasteiger partial charge in [-0.2, -0.15) is 5.26 Å². The van der Waals surface area contributed by atoms with Gasteiger partial charge in [0.15, 0.2) is 11.6 Å². The van der Waals surface area contributed by atoms with E-state index in [0.29, 0.717) is 5.56 Å². The molecule has 0 bridgehead atoms. The van der Waals surface area contributed by atoms with Crippen LogP contribution in [-0.2, 0) is 26.0 Å². The Morgan fingerprint density at radius 1 is 1.08 bits per heavy atom. The SMILES string of the molecule is CCC(=O)NS(=O)(=O)c1ccc(NC(=O)Cc2ccc(C)c(Oc3cc(Cl)cc(C#N)c3)c2F)c(Cl)c1.[Na+]. The van der Waals surface area contributed by atoms with Gasteiger partial charge in [-0.25, -0.2) is 17.5 Å². The molecule has 8 nitrogen and oxygen atoms in total. The second kappa shape index (κ2) is 13.4. The first-order chi connectivity index (χ1) is 17.4. The van der Waals surface area contributed by atoms with Gasteiger partial charge < -0.3 is 10.1 Å². The summed E-state index contributed by atoms with van der Waals surface area (Å²) in [6.45, 7) is 3.13. The van der Waals surface area contributed by atoms with Crippen LogP contribution in [0, 0.1) is 24.1 Å². The second-order valence-electron chi connectivity index (χ2n) is 7.82. The Balaban J connectivity index is 0.00000507. The molecule has 0 aliphatic heterocycles. The van der Waals surface area contributed by atoms with Gasteiger partial charge in [-0.3, -0.25) is 9.59 Å². The van der Waals surface area contributed by atoms with Crippen molar-refractivity contribution in [2.24, 2.45) is 0 Å². The number of sulfonamides is 1. The third kappa shape index (κ3) is 7.93. The van der Waals surface area contributed by atoms with Crippen LogP contribution in [0.4, 0.5) is 10.1 Å². The van der Waals surface area contributed by atoms with Gasteiger partial charge in [-0.15, -0.1) is 0 Å². The number of rotatable bonds is 8.